The summed E-state index contributed by atoms with van der Waals surface area (Å²) in [6.45, 7) is 5.36. The maximum atomic E-state index is 13.6. The van der Waals surface area contributed by atoms with Crippen LogP contribution in [-0.4, -0.2) is 30.6 Å². The van der Waals surface area contributed by atoms with E-state index in [-0.39, 0.29) is 0 Å². The van der Waals surface area contributed by atoms with Crippen LogP contribution in [0, 0.1) is 11.6 Å². The van der Waals surface area contributed by atoms with E-state index >= 15 is 0 Å². The van der Waals surface area contributed by atoms with Crippen LogP contribution in [0.3, 0.4) is 0 Å². The van der Waals surface area contributed by atoms with Crippen molar-refractivity contribution >= 4 is 0 Å². The average molecular weight is 254 g/mol. The summed E-state index contributed by atoms with van der Waals surface area (Å²) < 4.78 is 26.7. The normalized spacial score (nSPS) is 21.2. The number of piperazine rings is 1. The summed E-state index contributed by atoms with van der Waals surface area (Å²) in [6.07, 6.45) is 2.27. The molecule has 1 saturated heterocycles. The van der Waals surface area contributed by atoms with Crippen molar-refractivity contribution in [2.24, 2.45) is 0 Å². The Hall–Kier alpha value is -1.00. The second-order valence-electron chi connectivity index (χ2n) is 4.89. The Labute approximate surface area is 107 Å². The molecule has 0 amide bonds. The first-order chi connectivity index (χ1) is 8.70. The minimum Gasteiger partial charge on any atom is -0.311 e. The Kier molecular flexibility index (Phi) is 4.66. The van der Waals surface area contributed by atoms with Gasteiger partial charge in [0.2, 0.25) is 0 Å². The molecule has 1 aliphatic heterocycles. The van der Waals surface area contributed by atoms with Crippen LogP contribution in [0.5, 0.6) is 0 Å². The maximum Gasteiger partial charge on any atom is 0.163 e. The van der Waals surface area contributed by atoms with Crippen LogP contribution in [0.15, 0.2) is 18.2 Å². The summed E-state index contributed by atoms with van der Waals surface area (Å²) >= 11 is 0. The third-order valence-corrected chi connectivity index (χ3v) is 3.40. The zero-order valence-electron chi connectivity index (χ0n) is 10.8. The first kappa shape index (κ1) is 13.4. The molecule has 1 unspecified atom stereocenters. The predicted octanol–water partition coefficient (Wildman–Crippen LogP) is 2.54. The number of rotatable bonds is 4. The quantitative estimate of drug-likeness (QED) is 0.888. The van der Waals surface area contributed by atoms with Gasteiger partial charge in [-0.3, -0.25) is 4.90 Å². The van der Waals surface area contributed by atoms with Gasteiger partial charge in [-0.2, -0.15) is 0 Å². The maximum absolute atomic E-state index is 13.6. The summed E-state index contributed by atoms with van der Waals surface area (Å²) in [5.41, 5.74) is 0.451. The lowest BCUT2D eigenvalue weighted by Crippen LogP contribution is -2.50. The van der Waals surface area contributed by atoms with Gasteiger partial charge in [-0.15, -0.1) is 0 Å². The van der Waals surface area contributed by atoms with Crippen molar-refractivity contribution in [1.29, 1.82) is 0 Å². The molecule has 1 fully saturated rings. The molecule has 0 bridgehead atoms. The molecule has 2 nitrogen and oxygen atoms in total. The summed E-state index contributed by atoms with van der Waals surface area (Å²) in [5.74, 6) is -1.46. The van der Waals surface area contributed by atoms with Crippen LogP contribution in [0.1, 0.15) is 25.3 Å². The highest BCUT2D eigenvalue weighted by atomic mass is 19.2. The van der Waals surface area contributed by atoms with Crippen molar-refractivity contribution in [1.82, 2.24) is 10.2 Å². The summed E-state index contributed by atoms with van der Waals surface area (Å²) in [4.78, 5) is 2.19. The second-order valence-corrected chi connectivity index (χ2v) is 4.89. The molecule has 1 heterocycles. The highest BCUT2D eigenvalue weighted by molar-refractivity contribution is 5.18. The van der Waals surface area contributed by atoms with Crippen LogP contribution in [-0.2, 0) is 6.54 Å². The largest absolute Gasteiger partial charge is 0.311 e. The van der Waals surface area contributed by atoms with Crippen molar-refractivity contribution in [3.63, 3.8) is 0 Å². The third kappa shape index (κ3) is 3.27. The van der Waals surface area contributed by atoms with Gasteiger partial charge >= 0.3 is 0 Å². The van der Waals surface area contributed by atoms with E-state index in [0.717, 1.165) is 38.5 Å². The van der Waals surface area contributed by atoms with Gasteiger partial charge in [-0.25, -0.2) is 8.78 Å². The lowest BCUT2D eigenvalue weighted by atomic mass is 10.1. The van der Waals surface area contributed by atoms with E-state index < -0.39 is 11.6 Å². The molecular weight excluding hydrogens is 234 g/mol. The molecule has 1 aromatic rings. The van der Waals surface area contributed by atoms with Crippen LogP contribution in [0.2, 0.25) is 0 Å². The standard InChI is InChI=1S/C14H20F2N2/c1-2-4-12-10-18(8-7-17-12)9-11-5-3-6-13(15)14(11)16/h3,5-6,12,17H,2,4,7-10H2,1H3. The molecule has 0 aliphatic carbocycles. The van der Waals surface area contributed by atoms with Crippen molar-refractivity contribution in [2.45, 2.75) is 32.4 Å². The molecule has 0 radical (unpaired) electrons. The molecule has 1 aliphatic rings. The van der Waals surface area contributed by atoms with Crippen molar-refractivity contribution in [2.75, 3.05) is 19.6 Å². The van der Waals surface area contributed by atoms with Gasteiger partial charge < -0.3 is 5.32 Å². The van der Waals surface area contributed by atoms with E-state index in [0.29, 0.717) is 18.2 Å². The fraction of sp³-hybridized carbons (Fsp3) is 0.571. The third-order valence-electron chi connectivity index (χ3n) is 3.40. The zero-order valence-corrected chi connectivity index (χ0v) is 10.8. The SMILES string of the molecule is CCCC1CN(Cc2cccc(F)c2F)CCN1. The highest BCUT2D eigenvalue weighted by Gasteiger charge is 2.20. The molecule has 18 heavy (non-hydrogen) atoms. The van der Waals surface area contributed by atoms with Gasteiger partial charge in [0.15, 0.2) is 11.6 Å². The second kappa shape index (κ2) is 6.25. The Bertz CT molecular complexity index is 393. The summed E-state index contributed by atoms with van der Waals surface area (Å²) in [7, 11) is 0. The fourth-order valence-corrected chi connectivity index (χ4v) is 2.49. The van der Waals surface area contributed by atoms with Crippen LogP contribution in [0.4, 0.5) is 8.78 Å². The topological polar surface area (TPSA) is 15.3 Å². The van der Waals surface area contributed by atoms with Crippen molar-refractivity contribution in [3.05, 3.63) is 35.4 Å². The average Bonchev–Trinajstić information content (AvgIpc) is 2.36. The van der Waals surface area contributed by atoms with Crippen LogP contribution >= 0.6 is 0 Å². The molecule has 1 N–H and O–H groups in total. The van der Waals surface area contributed by atoms with Crippen LogP contribution < -0.4 is 5.32 Å². The van der Waals surface area contributed by atoms with E-state index in [1.807, 2.05) is 0 Å². The lowest BCUT2D eigenvalue weighted by Gasteiger charge is -2.33. The Morgan fingerprint density at radius 2 is 2.22 bits per heavy atom. The van der Waals surface area contributed by atoms with Gasteiger partial charge in [0, 0.05) is 37.8 Å². The molecule has 0 spiro atoms. The van der Waals surface area contributed by atoms with E-state index in [1.165, 1.54) is 0 Å². The van der Waals surface area contributed by atoms with Gasteiger partial charge in [0.25, 0.3) is 0 Å². The number of nitrogens with one attached hydrogen (secondary N) is 1. The molecule has 1 aromatic carbocycles. The minimum absolute atomic E-state index is 0.451. The summed E-state index contributed by atoms with van der Waals surface area (Å²) in [6, 6.07) is 4.87. The van der Waals surface area contributed by atoms with Gasteiger partial charge in [-0.1, -0.05) is 25.5 Å². The lowest BCUT2D eigenvalue weighted by molar-refractivity contribution is 0.184. The fourth-order valence-electron chi connectivity index (χ4n) is 2.49. The monoisotopic (exact) mass is 254 g/mol. The number of hydrogen-bond donors (Lipinski definition) is 1. The summed E-state index contributed by atoms with van der Waals surface area (Å²) in [5, 5.41) is 3.45. The highest BCUT2D eigenvalue weighted by Crippen LogP contribution is 2.15. The zero-order chi connectivity index (χ0) is 13.0. The first-order valence-corrected chi connectivity index (χ1v) is 6.59. The molecule has 0 saturated carbocycles. The van der Waals surface area contributed by atoms with Crippen molar-refractivity contribution in [3.8, 4) is 0 Å². The molecule has 1 atom stereocenters. The van der Waals surface area contributed by atoms with Crippen LogP contribution in [0.25, 0.3) is 0 Å². The van der Waals surface area contributed by atoms with Gasteiger partial charge in [0.1, 0.15) is 0 Å². The van der Waals surface area contributed by atoms with Gasteiger partial charge in [-0.05, 0) is 12.5 Å². The first-order valence-electron chi connectivity index (χ1n) is 6.59. The number of benzene rings is 1. The molecule has 100 valence electrons. The van der Waals surface area contributed by atoms with E-state index in [9.17, 15) is 8.78 Å². The van der Waals surface area contributed by atoms with E-state index in [2.05, 4.69) is 17.1 Å². The molecule has 4 heteroatoms. The molecule has 2 rings (SSSR count). The molecular formula is C14H20F2N2. The number of nitrogens with zero attached hydrogens (tertiary/aromatic N) is 1. The van der Waals surface area contributed by atoms with Crippen molar-refractivity contribution < 1.29 is 8.78 Å². The minimum atomic E-state index is -0.757. The van der Waals surface area contributed by atoms with E-state index in [1.54, 1.807) is 12.1 Å². The Balaban J connectivity index is 1.98. The molecule has 0 aromatic heterocycles. The number of halogens is 2. The van der Waals surface area contributed by atoms with E-state index in [4.69, 9.17) is 0 Å². The predicted molar refractivity (Wildman–Crippen MR) is 68.3 cm³/mol. The Morgan fingerprint density at radius 1 is 1.39 bits per heavy atom. The number of hydrogen-bond acceptors (Lipinski definition) is 2. The smallest absolute Gasteiger partial charge is 0.163 e. The Morgan fingerprint density at radius 3 is 3.00 bits per heavy atom. The van der Waals surface area contributed by atoms with Gasteiger partial charge in [0.05, 0.1) is 0 Å².